The molecule has 4 heteroatoms. The first-order valence-electron chi connectivity index (χ1n) is 4.72. The highest BCUT2D eigenvalue weighted by atomic mass is 16.5. The van der Waals surface area contributed by atoms with Crippen LogP contribution in [0.25, 0.3) is 0 Å². The summed E-state index contributed by atoms with van der Waals surface area (Å²) in [5.41, 5.74) is 0.554. The number of rotatable bonds is 5. The molecular weight excluding hydrogens is 194 g/mol. The number of aromatic nitrogens is 1. The molecular formula is C11H15NO3. The number of hydrogen-bond donors (Lipinski definition) is 0. The molecule has 0 aliphatic rings. The number of hydrogen-bond acceptors (Lipinski definition) is 4. The second kappa shape index (κ2) is 5.46. The lowest BCUT2D eigenvalue weighted by molar-refractivity contribution is 0.0791. The normalized spacial score (nSPS) is 12.2. The Balaban J connectivity index is 2.73. The molecule has 1 rings (SSSR count). The molecule has 1 unspecified atom stereocenters. The van der Waals surface area contributed by atoms with E-state index in [0.29, 0.717) is 17.7 Å². The first-order chi connectivity index (χ1) is 7.17. The zero-order chi connectivity index (χ0) is 11.3. The van der Waals surface area contributed by atoms with Crippen LogP contribution in [0.2, 0.25) is 0 Å². The second-order valence-electron chi connectivity index (χ2n) is 3.29. The number of ketones is 1. The van der Waals surface area contributed by atoms with Crippen LogP contribution in [-0.4, -0.2) is 31.1 Å². The first-order valence-corrected chi connectivity index (χ1v) is 4.72. The van der Waals surface area contributed by atoms with E-state index in [9.17, 15) is 4.79 Å². The van der Waals surface area contributed by atoms with Crippen LogP contribution in [0.1, 0.15) is 23.7 Å². The second-order valence-corrected chi connectivity index (χ2v) is 3.29. The number of Topliss-reactive ketones (excluding diaryl/α,β-unsaturated/α-hetero) is 1. The molecule has 0 amide bonds. The number of nitrogens with zero attached hydrogens (tertiary/aromatic N) is 1. The van der Waals surface area contributed by atoms with Crippen LogP contribution in [0.3, 0.4) is 0 Å². The Hall–Kier alpha value is -1.42. The summed E-state index contributed by atoms with van der Waals surface area (Å²) in [5.74, 6) is 0.599. The molecule has 0 N–H and O–H groups in total. The summed E-state index contributed by atoms with van der Waals surface area (Å²) in [7, 11) is 3.13. The summed E-state index contributed by atoms with van der Waals surface area (Å²) in [4.78, 5) is 15.6. The maximum absolute atomic E-state index is 11.7. The minimum absolute atomic E-state index is 0.00995. The monoisotopic (exact) mass is 209 g/mol. The molecule has 1 atom stereocenters. The largest absolute Gasteiger partial charge is 0.495 e. The molecule has 15 heavy (non-hydrogen) atoms. The van der Waals surface area contributed by atoms with Gasteiger partial charge in [0.15, 0.2) is 5.78 Å². The topological polar surface area (TPSA) is 48.4 Å². The fraction of sp³-hybridized carbons (Fsp3) is 0.455. The minimum atomic E-state index is -0.0799. The molecule has 0 spiro atoms. The van der Waals surface area contributed by atoms with Gasteiger partial charge in [0.1, 0.15) is 5.75 Å². The molecule has 0 radical (unpaired) electrons. The van der Waals surface area contributed by atoms with Crippen LogP contribution in [0.15, 0.2) is 18.5 Å². The van der Waals surface area contributed by atoms with E-state index in [1.165, 1.54) is 6.20 Å². The summed E-state index contributed by atoms with van der Waals surface area (Å²) in [6.07, 6.45) is 3.37. The zero-order valence-electron chi connectivity index (χ0n) is 9.19. The lowest BCUT2D eigenvalue weighted by atomic mass is 10.1. The van der Waals surface area contributed by atoms with Crippen molar-refractivity contribution in [2.75, 3.05) is 14.2 Å². The van der Waals surface area contributed by atoms with E-state index in [0.717, 1.165) is 0 Å². The molecule has 1 heterocycles. The van der Waals surface area contributed by atoms with Crippen LogP contribution in [0.5, 0.6) is 5.75 Å². The van der Waals surface area contributed by atoms with Crippen molar-refractivity contribution in [3.63, 3.8) is 0 Å². The molecule has 1 aromatic rings. The smallest absolute Gasteiger partial charge is 0.167 e. The summed E-state index contributed by atoms with van der Waals surface area (Å²) >= 11 is 0. The molecule has 82 valence electrons. The van der Waals surface area contributed by atoms with Crippen molar-refractivity contribution < 1.29 is 14.3 Å². The van der Waals surface area contributed by atoms with Gasteiger partial charge in [0.25, 0.3) is 0 Å². The average Bonchev–Trinajstić information content (AvgIpc) is 2.28. The van der Waals surface area contributed by atoms with E-state index in [1.54, 1.807) is 26.5 Å². The van der Waals surface area contributed by atoms with Crippen LogP contribution in [0.4, 0.5) is 0 Å². The van der Waals surface area contributed by atoms with Gasteiger partial charge in [-0.3, -0.25) is 9.78 Å². The Kier molecular flexibility index (Phi) is 4.24. The van der Waals surface area contributed by atoms with E-state index in [4.69, 9.17) is 9.47 Å². The van der Waals surface area contributed by atoms with Crippen LogP contribution >= 0.6 is 0 Å². The quantitative estimate of drug-likeness (QED) is 0.692. The van der Waals surface area contributed by atoms with E-state index >= 15 is 0 Å². The first kappa shape index (κ1) is 11.7. The summed E-state index contributed by atoms with van der Waals surface area (Å²) in [5, 5.41) is 0. The van der Waals surface area contributed by atoms with E-state index in [-0.39, 0.29) is 11.9 Å². The number of methoxy groups -OCH3 is 2. The Morgan fingerprint density at radius 2 is 2.20 bits per heavy atom. The van der Waals surface area contributed by atoms with Gasteiger partial charge in [-0.2, -0.15) is 0 Å². The van der Waals surface area contributed by atoms with Crippen molar-refractivity contribution in [2.24, 2.45) is 0 Å². The van der Waals surface area contributed by atoms with Crippen molar-refractivity contribution >= 4 is 5.78 Å². The number of ether oxygens (including phenoxy) is 2. The minimum Gasteiger partial charge on any atom is -0.495 e. The van der Waals surface area contributed by atoms with Crippen molar-refractivity contribution in [3.05, 3.63) is 24.0 Å². The highest BCUT2D eigenvalue weighted by Crippen LogP contribution is 2.13. The summed E-state index contributed by atoms with van der Waals surface area (Å²) in [6, 6.07) is 1.68. The SMILES string of the molecule is COc1cncc(C(=O)CC(C)OC)c1. The van der Waals surface area contributed by atoms with Gasteiger partial charge in [-0.1, -0.05) is 0 Å². The Morgan fingerprint density at radius 1 is 1.47 bits per heavy atom. The van der Waals surface area contributed by atoms with Crippen LogP contribution in [-0.2, 0) is 4.74 Å². The van der Waals surface area contributed by atoms with Gasteiger partial charge >= 0.3 is 0 Å². The van der Waals surface area contributed by atoms with E-state index in [1.807, 2.05) is 6.92 Å². The lowest BCUT2D eigenvalue weighted by Gasteiger charge is -2.08. The van der Waals surface area contributed by atoms with Gasteiger partial charge in [0, 0.05) is 25.3 Å². The Morgan fingerprint density at radius 3 is 2.80 bits per heavy atom. The predicted molar refractivity (Wildman–Crippen MR) is 56.2 cm³/mol. The third kappa shape index (κ3) is 3.32. The summed E-state index contributed by atoms with van der Waals surface area (Å²) in [6.45, 7) is 1.85. The number of carbonyl (C=O) groups excluding carboxylic acids is 1. The maximum Gasteiger partial charge on any atom is 0.167 e. The highest BCUT2D eigenvalue weighted by molar-refractivity contribution is 5.96. The molecule has 0 saturated heterocycles. The number of carbonyl (C=O) groups is 1. The van der Waals surface area contributed by atoms with E-state index in [2.05, 4.69) is 4.98 Å². The van der Waals surface area contributed by atoms with Gasteiger partial charge in [0.05, 0.1) is 19.4 Å². The van der Waals surface area contributed by atoms with Gasteiger partial charge in [0.2, 0.25) is 0 Å². The van der Waals surface area contributed by atoms with Crippen molar-refractivity contribution in [1.29, 1.82) is 0 Å². The molecule has 0 aliphatic heterocycles. The predicted octanol–water partition coefficient (Wildman–Crippen LogP) is 1.70. The molecule has 0 aromatic carbocycles. The van der Waals surface area contributed by atoms with Crippen LogP contribution in [0, 0.1) is 0 Å². The zero-order valence-corrected chi connectivity index (χ0v) is 9.19. The molecule has 0 aliphatic carbocycles. The Labute approximate surface area is 89.2 Å². The fourth-order valence-corrected chi connectivity index (χ4v) is 1.15. The molecule has 1 aromatic heterocycles. The van der Waals surface area contributed by atoms with E-state index < -0.39 is 0 Å². The Bertz CT molecular complexity index is 338. The molecule has 4 nitrogen and oxygen atoms in total. The van der Waals surface area contributed by atoms with Crippen molar-refractivity contribution in [3.8, 4) is 5.75 Å². The third-order valence-electron chi connectivity index (χ3n) is 2.15. The third-order valence-corrected chi connectivity index (χ3v) is 2.15. The number of pyridine rings is 1. The highest BCUT2D eigenvalue weighted by Gasteiger charge is 2.11. The lowest BCUT2D eigenvalue weighted by Crippen LogP contribution is -2.12. The standard InChI is InChI=1S/C11H15NO3/c1-8(14-2)4-11(13)9-5-10(15-3)7-12-6-9/h5-8H,4H2,1-3H3. The molecule has 0 fully saturated rings. The summed E-state index contributed by atoms with van der Waals surface area (Å²) < 4.78 is 10.0. The van der Waals surface area contributed by atoms with Crippen molar-refractivity contribution in [2.45, 2.75) is 19.4 Å². The fourth-order valence-electron chi connectivity index (χ4n) is 1.15. The van der Waals surface area contributed by atoms with Crippen LogP contribution < -0.4 is 4.74 Å². The van der Waals surface area contributed by atoms with Gasteiger partial charge < -0.3 is 9.47 Å². The van der Waals surface area contributed by atoms with Gasteiger partial charge in [-0.05, 0) is 13.0 Å². The maximum atomic E-state index is 11.7. The average molecular weight is 209 g/mol. The van der Waals surface area contributed by atoms with Gasteiger partial charge in [-0.15, -0.1) is 0 Å². The molecule has 0 bridgehead atoms. The van der Waals surface area contributed by atoms with Crippen molar-refractivity contribution in [1.82, 2.24) is 4.98 Å². The molecule has 0 saturated carbocycles. The van der Waals surface area contributed by atoms with Gasteiger partial charge in [-0.25, -0.2) is 0 Å².